The number of benzene rings is 1. The summed E-state index contributed by atoms with van der Waals surface area (Å²) in [6, 6.07) is 8.22. The normalized spacial score (nSPS) is 18.2. The summed E-state index contributed by atoms with van der Waals surface area (Å²) in [6.07, 6.45) is 1.85. The van der Waals surface area contributed by atoms with Crippen LogP contribution in [0.2, 0.25) is 0 Å². The van der Waals surface area contributed by atoms with Crippen LogP contribution >= 0.6 is 11.8 Å². The van der Waals surface area contributed by atoms with Gasteiger partial charge in [0.1, 0.15) is 0 Å². The number of aliphatic carboxylic acids is 1. The molecule has 2 N–H and O–H groups in total. The van der Waals surface area contributed by atoms with Gasteiger partial charge in [0.2, 0.25) is 0 Å². The van der Waals surface area contributed by atoms with Gasteiger partial charge in [-0.05, 0) is 0 Å². The van der Waals surface area contributed by atoms with Gasteiger partial charge >= 0.3 is 203 Å². The molecule has 1 aromatic carbocycles. The van der Waals surface area contributed by atoms with Crippen LogP contribution in [-0.4, -0.2) is 62.2 Å². The molecule has 7 nitrogen and oxygen atoms in total. The number of rotatable bonds is 10. The van der Waals surface area contributed by atoms with E-state index in [1.165, 1.54) is 18.7 Å². The van der Waals surface area contributed by atoms with E-state index in [-0.39, 0.29) is 50.5 Å². The zero-order valence-electron chi connectivity index (χ0n) is 16.8. The third kappa shape index (κ3) is 7.98. The van der Waals surface area contributed by atoms with Crippen LogP contribution in [-0.2, 0) is 20.8 Å². The number of nitrogens with zero attached hydrogens (tertiary/aromatic N) is 1. The minimum atomic E-state index is -1.07. The molecule has 1 aromatic rings. The van der Waals surface area contributed by atoms with Crippen LogP contribution in [0.3, 0.4) is 0 Å². The molecule has 10 heteroatoms. The molecule has 168 valence electrons. The molecule has 2 amide bonds. The Morgan fingerprint density at radius 1 is 1.27 bits per heavy atom. The molecular formula is C20H26I2N2O5S-2. The van der Waals surface area contributed by atoms with Gasteiger partial charge in [0.05, 0.1) is 0 Å². The molecule has 0 aliphatic carbocycles. The van der Waals surface area contributed by atoms with Crippen molar-refractivity contribution in [2.45, 2.75) is 40.2 Å². The van der Waals surface area contributed by atoms with Crippen LogP contribution in [0.5, 0.6) is 0 Å². The van der Waals surface area contributed by atoms with Gasteiger partial charge in [0.15, 0.2) is 0 Å². The van der Waals surface area contributed by atoms with Gasteiger partial charge in [-0.1, -0.05) is 0 Å². The summed E-state index contributed by atoms with van der Waals surface area (Å²) in [7, 11) is 0. The molecule has 2 unspecified atom stereocenters. The number of hydrogen-bond acceptors (Lipinski definition) is 5. The van der Waals surface area contributed by atoms with Gasteiger partial charge in [-0.25, -0.2) is 0 Å². The van der Waals surface area contributed by atoms with Gasteiger partial charge in [0.25, 0.3) is 0 Å². The summed E-state index contributed by atoms with van der Waals surface area (Å²) < 4.78 is -0.485. The van der Waals surface area contributed by atoms with E-state index < -0.39 is 33.2 Å². The number of alkyl halides is 3. The van der Waals surface area contributed by atoms with Crippen LogP contribution in [0, 0.1) is 0 Å². The maximum atomic E-state index is 13.0. The Morgan fingerprint density at radius 3 is 2.57 bits per heavy atom. The first-order valence-corrected chi connectivity index (χ1v) is 16.2. The SMILES string of the molecule is C[I-]C(CSC(C)=O)C(=O)N1CCCC1[I-]C(=O)N[C@@H](Cc1ccccc1)C(=O)O. The quantitative estimate of drug-likeness (QED) is 0.114. The van der Waals surface area contributed by atoms with E-state index in [1.54, 1.807) is 0 Å². The third-order valence-electron chi connectivity index (χ3n) is 4.52. The number of amides is 2. The molecule has 30 heavy (non-hydrogen) atoms. The Kier molecular flexibility index (Phi) is 10.9. The number of nitrogens with one attached hydrogen (secondary N) is 1. The molecule has 0 aromatic heterocycles. The van der Waals surface area contributed by atoms with E-state index in [0.717, 1.165) is 18.4 Å². The maximum absolute atomic E-state index is 13.0. The van der Waals surface area contributed by atoms with Crippen LogP contribution in [0.15, 0.2) is 30.3 Å². The van der Waals surface area contributed by atoms with Crippen LogP contribution in [0.25, 0.3) is 0 Å². The first-order valence-electron chi connectivity index (χ1n) is 9.44. The summed E-state index contributed by atoms with van der Waals surface area (Å²) in [4.78, 5) is 52.3. The van der Waals surface area contributed by atoms with E-state index >= 15 is 0 Å². The molecule has 1 aliphatic heterocycles. The van der Waals surface area contributed by atoms with Gasteiger partial charge in [0, 0.05) is 0 Å². The summed E-state index contributed by atoms with van der Waals surface area (Å²) in [5.74, 6) is -0.509. The second-order valence-corrected chi connectivity index (χ2v) is 13.7. The summed E-state index contributed by atoms with van der Waals surface area (Å²) in [6.45, 7) is 2.14. The van der Waals surface area contributed by atoms with Gasteiger partial charge in [-0.3, -0.25) is 0 Å². The second kappa shape index (κ2) is 12.8. The molecular weight excluding hydrogens is 634 g/mol. The van der Waals surface area contributed by atoms with Crippen molar-refractivity contribution in [3.8, 4) is 0 Å². The van der Waals surface area contributed by atoms with E-state index in [2.05, 4.69) is 5.32 Å². The number of carboxylic acid groups (broad SMARTS) is 1. The van der Waals surface area contributed by atoms with Crippen molar-refractivity contribution in [2.75, 3.05) is 17.2 Å². The average Bonchev–Trinajstić information content (AvgIpc) is 3.16. The zero-order chi connectivity index (χ0) is 22.1. The Balaban J connectivity index is 1.95. The van der Waals surface area contributed by atoms with Crippen LogP contribution in [0.1, 0.15) is 25.3 Å². The van der Waals surface area contributed by atoms with Gasteiger partial charge in [-0.15, -0.1) is 0 Å². The Bertz CT molecular complexity index is 765. The second-order valence-electron chi connectivity index (χ2n) is 6.70. The van der Waals surface area contributed by atoms with Crippen molar-refractivity contribution in [1.29, 1.82) is 0 Å². The average molecular weight is 660 g/mol. The number of carboxylic acids is 1. The Hall–Kier alpha value is -0.890. The molecule has 0 bridgehead atoms. The number of halogens is 2. The first kappa shape index (κ1) is 25.4. The number of likely N-dealkylation sites (tertiary alicyclic amines) is 1. The van der Waals surface area contributed by atoms with Crippen molar-refractivity contribution in [2.24, 2.45) is 0 Å². The molecule has 0 saturated carbocycles. The standard InChI is InChI=1S/C20H26I2N2O5S/c1-13(25)30-12-15(21-2)18(26)24-10-6-9-17(24)22-20(29)23-16(19(27)28)11-14-7-4-3-5-8-14/h3-5,7-8,15-17H,6,9-12H2,1-2H3,(H,23,29)(H,27,28)/q-2/t15?,16-,17?/m0/s1. The minimum absolute atomic E-state index is 0.00756. The Labute approximate surface area is 201 Å². The number of thioether (sulfide) groups is 1. The van der Waals surface area contributed by atoms with E-state index in [1.807, 2.05) is 40.2 Å². The number of carbonyl (C=O) groups is 4. The molecule has 1 heterocycles. The van der Waals surface area contributed by atoms with Crippen molar-refractivity contribution < 1.29 is 66.7 Å². The first-order chi connectivity index (χ1) is 14.3. The monoisotopic (exact) mass is 660 g/mol. The number of carbonyl (C=O) groups excluding carboxylic acids is 3. The molecule has 3 atom stereocenters. The predicted molar refractivity (Wildman–Crippen MR) is 108 cm³/mol. The van der Waals surface area contributed by atoms with Crippen molar-refractivity contribution in [1.82, 2.24) is 10.2 Å². The Morgan fingerprint density at radius 2 is 1.97 bits per heavy atom. The number of hydrogen-bond donors (Lipinski definition) is 2. The summed E-state index contributed by atoms with van der Waals surface area (Å²) >= 11 is -0.261. The summed E-state index contributed by atoms with van der Waals surface area (Å²) in [5.41, 5.74) is 0.846. The fourth-order valence-corrected chi connectivity index (χ4v) is 9.03. The molecule has 0 radical (unpaired) electrons. The zero-order valence-corrected chi connectivity index (χ0v) is 22.0. The van der Waals surface area contributed by atoms with E-state index in [9.17, 15) is 24.3 Å². The van der Waals surface area contributed by atoms with E-state index in [0.29, 0.717) is 12.3 Å². The molecule has 2 rings (SSSR count). The summed E-state index contributed by atoms with van der Waals surface area (Å²) in [5, 5.41) is 12.2. The topological polar surface area (TPSA) is 104 Å². The van der Waals surface area contributed by atoms with Gasteiger partial charge < -0.3 is 0 Å². The van der Waals surface area contributed by atoms with Crippen molar-refractivity contribution in [3.05, 3.63) is 35.9 Å². The predicted octanol–water partition coefficient (Wildman–Crippen LogP) is -4.20. The van der Waals surface area contributed by atoms with Crippen molar-refractivity contribution >= 4 is 32.7 Å². The molecule has 0 spiro atoms. The fourth-order valence-electron chi connectivity index (χ4n) is 3.02. The van der Waals surface area contributed by atoms with Crippen LogP contribution in [0.4, 0.5) is 4.79 Å². The molecule has 1 fully saturated rings. The molecule has 1 aliphatic rings. The van der Waals surface area contributed by atoms with Crippen molar-refractivity contribution in [3.63, 3.8) is 0 Å². The fraction of sp³-hybridized carbons (Fsp3) is 0.500. The van der Waals surface area contributed by atoms with Crippen LogP contribution < -0.4 is 47.7 Å². The van der Waals surface area contributed by atoms with E-state index in [4.69, 9.17) is 0 Å². The molecule has 1 saturated heterocycles. The third-order valence-corrected chi connectivity index (χ3v) is 11.4. The van der Waals surface area contributed by atoms with Gasteiger partial charge in [-0.2, -0.15) is 0 Å².